The van der Waals surface area contributed by atoms with Gasteiger partial charge >= 0.3 is 6.03 Å². The average molecular weight is 290 g/mol. The molecule has 4 nitrogen and oxygen atoms in total. The summed E-state index contributed by atoms with van der Waals surface area (Å²) in [5.41, 5.74) is 2.92. The molecular formula is C15H18N2O2S. The van der Waals surface area contributed by atoms with E-state index in [0.717, 1.165) is 16.8 Å². The first kappa shape index (κ1) is 14.6. The van der Waals surface area contributed by atoms with Gasteiger partial charge in [-0.1, -0.05) is 18.2 Å². The van der Waals surface area contributed by atoms with E-state index < -0.39 is 0 Å². The normalized spacial score (nSPS) is 11.9. The van der Waals surface area contributed by atoms with E-state index in [1.807, 2.05) is 48.0 Å². The molecule has 1 aromatic heterocycles. The highest BCUT2D eigenvalue weighted by atomic mass is 32.1. The largest absolute Gasteiger partial charge is 0.375 e. The number of hydrogen-bond donors (Lipinski definition) is 2. The van der Waals surface area contributed by atoms with E-state index >= 15 is 0 Å². The minimum atomic E-state index is -0.225. The third-order valence-electron chi connectivity index (χ3n) is 3.04. The lowest BCUT2D eigenvalue weighted by atomic mass is 10.2. The van der Waals surface area contributed by atoms with Crippen molar-refractivity contribution < 1.29 is 9.53 Å². The van der Waals surface area contributed by atoms with E-state index in [1.165, 1.54) is 0 Å². The first-order chi connectivity index (χ1) is 9.70. The second kappa shape index (κ2) is 7.07. The van der Waals surface area contributed by atoms with Crippen LogP contribution in [0.4, 0.5) is 10.5 Å². The van der Waals surface area contributed by atoms with E-state index in [-0.39, 0.29) is 12.1 Å². The molecule has 0 aliphatic carbocycles. The summed E-state index contributed by atoms with van der Waals surface area (Å²) >= 11 is 1.61. The van der Waals surface area contributed by atoms with Crippen molar-refractivity contribution in [1.29, 1.82) is 0 Å². The predicted molar refractivity (Wildman–Crippen MR) is 82.3 cm³/mol. The Morgan fingerprint density at radius 1 is 1.35 bits per heavy atom. The molecule has 2 amide bonds. The van der Waals surface area contributed by atoms with Crippen LogP contribution < -0.4 is 10.6 Å². The second-order valence-corrected chi connectivity index (χ2v) is 5.21. The standard InChI is InChI=1S/C15H18N2O2S/c1-11-5-3-4-6-13(11)17-15(18)16-9-14(19-2)12-7-8-20-10-12/h3-8,10,14H,9H2,1-2H3,(H2,16,17,18). The van der Waals surface area contributed by atoms with E-state index in [2.05, 4.69) is 10.6 Å². The third kappa shape index (κ3) is 3.82. The number of benzene rings is 1. The number of anilines is 1. The lowest BCUT2D eigenvalue weighted by Crippen LogP contribution is -2.33. The minimum absolute atomic E-state index is 0.121. The monoisotopic (exact) mass is 290 g/mol. The summed E-state index contributed by atoms with van der Waals surface area (Å²) in [6, 6.07) is 9.44. The molecule has 1 heterocycles. The highest BCUT2D eigenvalue weighted by molar-refractivity contribution is 7.07. The molecule has 20 heavy (non-hydrogen) atoms. The van der Waals surface area contributed by atoms with Gasteiger partial charge in [0.05, 0.1) is 0 Å². The van der Waals surface area contributed by atoms with Crippen LogP contribution in [0.3, 0.4) is 0 Å². The molecular weight excluding hydrogens is 272 g/mol. The van der Waals surface area contributed by atoms with Crippen LogP contribution in [-0.4, -0.2) is 19.7 Å². The van der Waals surface area contributed by atoms with Crippen LogP contribution in [0.15, 0.2) is 41.1 Å². The molecule has 0 spiro atoms. The molecule has 0 aliphatic rings. The Balaban J connectivity index is 1.87. The Bertz CT molecular complexity index is 555. The fourth-order valence-corrected chi connectivity index (χ4v) is 2.56. The number of carbonyl (C=O) groups is 1. The number of nitrogens with one attached hydrogen (secondary N) is 2. The molecule has 2 aromatic rings. The summed E-state index contributed by atoms with van der Waals surface area (Å²) < 4.78 is 5.38. The van der Waals surface area contributed by atoms with Gasteiger partial charge in [-0.15, -0.1) is 0 Å². The van der Waals surface area contributed by atoms with Crippen LogP contribution in [0, 0.1) is 6.92 Å². The van der Waals surface area contributed by atoms with Crippen LogP contribution in [-0.2, 0) is 4.74 Å². The topological polar surface area (TPSA) is 50.4 Å². The highest BCUT2D eigenvalue weighted by Gasteiger charge is 2.12. The quantitative estimate of drug-likeness (QED) is 0.884. The molecule has 0 saturated heterocycles. The zero-order chi connectivity index (χ0) is 14.4. The molecule has 0 bridgehead atoms. The number of ether oxygens (including phenoxy) is 1. The first-order valence-corrected chi connectivity index (χ1v) is 7.30. The molecule has 0 saturated carbocycles. The van der Waals surface area contributed by atoms with Crippen molar-refractivity contribution in [2.24, 2.45) is 0 Å². The Morgan fingerprint density at radius 3 is 2.80 bits per heavy atom. The highest BCUT2D eigenvalue weighted by Crippen LogP contribution is 2.18. The average Bonchev–Trinajstić information content (AvgIpc) is 2.96. The van der Waals surface area contributed by atoms with E-state index in [1.54, 1.807) is 18.4 Å². The fourth-order valence-electron chi connectivity index (χ4n) is 1.86. The zero-order valence-corrected chi connectivity index (χ0v) is 12.4. The van der Waals surface area contributed by atoms with E-state index in [9.17, 15) is 4.79 Å². The number of aryl methyl sites for hydroxylation is 1. The molecule has 106 valence electrons. The lowest BCUT2D eigenvalue weighted by molar-refractivity contribution is 0.105. The molecule has 1 aromatic carbocycles. The van der Waals surface area contributed by atoms with Gasteiger partial charge in [0.25, 0.3) is 0 Å². The van der Waals surface area contributed by atoms with Crippen LogP contribution in [0.25, 0.3) is 0 Å². The Labute approximate surface area is 122 Å². The Morgan fingerprint density at radius 2 is 2.15 bits per heavy atom. The molecule has 1 atom stereocenters. The molecule has 2 N–H and O–H groups in total. The van der Waals surface area contributed by atoms with Crippen molar-refractivity contribution >= 4 is 23.1 Å². The molecule has 1 unspecified atom stereocenters. The Kier molecular flexibility index (Phi) is 5.15. The van der Waals surface area contributed by atoms with Crippen molar-refractivity contribution in [3.8, 4) is 0 Å². The van der Waals surface area contributed by atoms with Gasteiger partial charge in [-0.2, -0.15) is 11.3 Å². The van der Waals surface area contributed by atoms with Gasteiger partial charge in [-0.25, -0.2) is 4.79 Å². The van der Waals surface area contributed by atoms with Crippen molar-refractivity contribution in [2.45, 2.75) is 13.0 Å². The van der Waals surface area contributed by atoms with Crippen LogP contribution >= 0.6 is 11.3 Å². The van der Waals surface area contributed by atoms with Gasteiger partial charge in [0.15, 0.2) is 0 Å². The number of urea groups is 1. The van der Waals surface area contributed by atoms with Crippen molar-refractivity contribution in [3.05, 3.63) is 52.2 Å². The van der Waals surface area contributed by atoms with Crippen molar-refractivity contribution in [3.63, 3.8) is 0 Å². The number of hydrogen-bond acceptors (Lipinski definition) is 3. The predicted octanol–water partition coefficient (Wildman–Crippen LogP) is 3.57. The van der Waals surface area contributed by atoms with Gasteiger partial charge in [0.1, 0.15) is 6.10 Å². The summed E-state index contributed by atoms with van der Waals surface area (Å²) in [5, 5.41) is 9.68. The minimum Gasteiger partial charge on any atom is -0.375 e. The number of rotatable bonds is 5. The molecule has 5 heteroatoms. The van der Waals surface area contributed by atoms with Crippen LogP contribution in [0.1, 0.15) is 17.2 Å². The summed E-state index contributed by atoms with van der Waals surface area (Å²) in [5.74, 6) is 0. The van der Waals surface area contributed by atoms with Gasteiger partial charge in [0, 0.05) is 19.3 Å². The van der Waals surface area contributed by atoms with Gasteiger partial charge < -0.3 is 15.4 Å². The molecule has 0 aliphatic heterocycles. The van der Waals surface area contributed by atoms with Crippen molar-refractivity contribution in [2.75, 3.05) is 19.0 Å². The van der Waals surface area contributed by atoms with E-state index in [0.29, 0.717) is 6.54 Å². The van der Waals surface area contributed by atoms with Crippen molar-refractivity contribution in [1.82, 2.24) is 5.32 Å². The van der Waals surface area contributed by atoms with Gasteiger partial charge in [0.2, 0.25) is 0 Å². The number of methoxy groups -OCH3 is 1. The summed E-state index contributed by atoms with van der Waals surface area (Å²) in [6.45, 7) is 2.39. The molecule has 0 fully saturated rings. The summed E-state index contributed by atoms with van der Waals surface area (Å²) in [4.78, 5) is 11.9. The lowest BCUT2D eigenvalue weighted by Gasteiger charge is -2.16. The number of carbonyl (C=O) groups excluding carboxylic acids is 1. The first-order valence-electron chi connectivity index (χ1n) is 6.36. The zero-order valence-electron chi connectivity index (χ0n) is 11.6. The van der Waals surface area contributed by atoms with Gasteiger partial charge in [-0.3, -0.25) is 0 Å². The summed E-state index contributed by atoms with van der Waals surface area (Å²) in [7, 11) is 1.64. The summed E-state index contributed by atoms with van der Waals surface area (Å²) in [6.07, 6.45) is -0.121. The number of thiophene rings is 1. The van der Waals surface area contributed by atoms with Gasteiger partial charge in [-0.05, 0) is 40.9 Å². The van der Waals surface area contributed by atoms with E-state index in [4.69, 9.17) is 4.74 Å². The third-order valence-corrected chi connectivity index (χ3v) is 3.74. The number of para-hydroxylation sites is 1. The second-order valence-electron chi connectivity index (χ2n) is 4.43. The fraction of sp³-hybridized carbons (Fsp3) is 0.267. The maximum atomic E-state index is 11.9. The Hall–Kier alpha value is -1.85. The molecule has 0 radical (unpaired) electrons. The smallest absolute Gasteiger partial charge is 0.319 e. The van der Waals surface area contributed by atoms with Crippen LogP contribution in [0.5, 0.6) is 0 Å². The maximum Gasteiger partial charge on any atom is 0.319 e. The SMILES string of the molecule is COC(CNC(=O)Nc1ccccc1C)c1ccsc1. The molecule has 2 rings (SSSR count). The maximum absolute atomic E-state index is 11.9. The van der Waals surface area contributed by atoms with Crippen LogP contribution in [0.2, 0.25) is 0 Å². The number of amides is 2.